The smallest absolute Gasteiger partial charge is 0.277 e. The van der Waals surface area contributed by atoms with Crippen molar-refractivity contribution in [3.8, 4) is 11.5 Å². The molecule has 1 fully saturated rings. The molecule has 1 N–H and O–H groups in total. The predicted octanol–water partition coefficient (Wildman–Crippen LogP) is 0.457. The van der Waals surface area contributed by atoms with Crippen molar-refractivity contribution in [3.63, 3.8) is 0 Å². The van der Waals surface area contributed by atoms with Crippen LogP contribution in [0.25, 0.3) is 0 Å². The summed E-state index contributed by atoms with van der Waals surface area (Å²) < 4.78 is 11.2. The van der Waals surface area contributed by atoms with Gasteiger partial charge in [-0.3, -0.25) is 9.59 Å². The Bertz CT molecular complexity index is 895. The molecule has 0 bridgehead atoms. The number of benzene rings is 2. The molecular formula is C23H28N3O4+. The average Bonchev–Trinajstić information content (AvgIpc) is 2.79. The van der Waals surface area contributed by atoms with Crippen molar-refractivity contribution < 1.29 is 24.0 Å². The summed E-state index contributed by atoms with van der Waals surface area (Å²) in [6, 6.07) is 15.2. The first-order chi connectivity index (χ1) is 14.6. The molecule has 0 radical (unpaired) electrons. The molecule has 0 saturated carbocycles. The van der Waals surface area contributed by atoms with Crippen molar-refractivity contribution in [2.75, 3.05) is 53.0 Å². The molecule has 7 heteroatoms. The molecule has 7 nitrogen and oxygen atoms in total. The van der Waals surface area contributed by atoms with Crippen molar-refractivity contribution >= 4 is 11.8 Å². The number of hydrogen-bond donors (Lipinski definition) is 1. The molecule has 0 spiro atoms. The summed E-state index contributed by atoms with van der Waals surface area (Å²) >= 11 is 0. The fourth-order valence-corrected chi connectivity index (χ4v) is 3.86. The SMILES string of the molecule is CN(Cc1ccc2c(c1)OCCO2)C(=O)C[NH+]1CCN(C(=O)c2ccccc2)CC1. The minimum Gasteiger partial charge on any atom is -0.486 e. The van der Waals surface area contributed by atoms with Crippen LogP contribution in [0.1, 0.15) is 15.9 Å². The third-order valence-electron chi connectivity index (χ3n) is 5.63. The van der Waals surface area contributed by atoms with Gasteiger partial charge in [0.2, 0.25) is 0 Å². The first-order valence-electron chi connectivity index (χ1n) is 10.4. The predicted molar refractivity (Wildman–Crippen MR) is 112 cm³/mol. The van der Waals surface area contributed by atoms with Gasteiger partial charge in [-0.25, -0.2) is 0 Å². The molecule has 2 amide bonds. The van der Waals surface area contributed by atoms with Crippen molar-refractivity contribution in [1.82, 2.24) is 9.80 Å². The Morgan fingerprint density at radius 1 is 1.00 bits per heavy atom. The van der Waals surface area contributed by atoms with Crippen molar-refractivity contribution in [3.05, 3.63) is 59.7 Å². The number of ether oxygens (including phenoxy) is 2. The quantitative estimate of drug-likeness (QED) is 0.778. The number of fused-ring (bicyclic) bond motifs is 1. The standard InChI is InChI=1S/C23H27N3O4/c1-24(16-18-7-8-20-21(15-18)30-14-13-29-20)22(27)17-25-9-11-26(12-10-25)23(28)19-5-3-2-4-6-19/h2-8,15H,9-14,16-17H2,1H3/p+1. The molecular weight excluding hydrogens is 382 g/mol. The lowest BCUT2D eigenvalue weighted by Crippen LogP contribution is -3.15. The maximum atomic E-state index is 12.7. The number of nitrogens with zero attached hydrogens (tertiary/aromatic N) is 2. The van der Waals surface area contributed by atoms with Gasteiger partial charge in [0, 0.05) is 19.2 Å². The first kappa shape index (κ1) is 20.2. The van der Waals surface area contributed by atoms with Crippen LogP contribution >= 0.6 is 0 Å². The summed E-state index contributed by atoms with van der Waals surface area (Å²) in [4.78, 5) is 30.1. The summed E-state index contributed by atoms with van der Waals surface area (Å²) in [7, 11) is 1.83. The summed E-state index contributed by atoms with van der Waals surface area (Å²) in [5.41, 5.74) is 1.74. The lowest BCUT2D eigenvalue weighted by Gasteiger charge is -2.32. The summed E-state index contributed by atoms with van der Waals surface area (Å²) in [5, 5.41) is 0. The number of likely N-dealkylation sites (N-methyl/N-ethyl adjacent to an activating group) is 1. The van der Waals surface area contributed by atoms with E-state index in [0.717, 1.165) is 35.7 Å². The van der Waals surface area contributed by atoms with E-state index in [0.29, 0.717) is 39.4 Å². The van der Waals surface area contributed by atoms with Gasteiger partial charge in [0.05, 0.1) is 26.2 Å². The third kappa shape index (κ3) is 4.74. The average molecular weight is 410 g/mol. The maximum absolute atomic E-state index is 12.7. The normalized spacial score (nSPS) is 16.2. The lowest BCUT2D eigenvalue weighted by molar-refractivity contribution is -0.896. The van der Waals surface area contributed by atoms with E-state index in [4.69, 9.17) is 9.47 Å². The number of hydrogen-bond acceptors (Lipinski definition) is 4. The minimum absolute atomic E-state index is 0.0664. The number of rotatable bonds is 5. The zero-order valence-electron chi connectivity index (χ0n) is 17.3. The molecule has 2 aromatic rings. The van der Waals surface area contributed by atoms with Crippen LogP contribution < -0.4 is 14.4 Å². The Morgan fingerprint density at radius 3 is 2.43 bits per heavy atom. The van der Waals surface area contributed by atoms with Crippen LogP contribution in [-0.2, 0) is 11.3 Å². The van der Waals surface area contributed by atoms with Crippen LogP contribution in [0, 0.1) is 0 Å². The fourth-order valence-electron chi connectivity index (χ4n) is 3.86. The molecule has 1 saturated heterocycles. The van der Waals surface area contributed by atoms with Gasteiger partial charge in [-0.1, -0.05) is 24.3 Å². The third-order valence-corrected chi connectivity index (χ3v) is 5.63. The molecule has 0 aliphatic carbocycles. The van der Waals surface area contributed by atoms with Crippen molar-refractivity contribution in [2.45, 2.75) is 6.54 Å². The van der Waals surface area contributed by atoms with Crippen molar-refractivity contribution in [1.29, 1.82) is 0 Å². The van der Waals surface area contributed by atoms with Crippen LogP contribution in [0.5, 0.6) is 11.5 Å². The zero-order chi connectivity index (χ0) is 20.9. The Labute approximate surface area is 176 Å². The summed E-state index contributed by atoms with van der Waals surface area (Å²) in [6.07, 6.45) is 0. The number of quaternary nitrogens is 1. The van der Waals surface area contributed by atoms with Gasteiger partial charge < -0.3 is 24.2 Å². The van der Waals surface area contributed by atoms with E-state index in [2.05, 4.69) is 0 Å². The first-order valence-corrected chi connectivity index (χ1v) is 10.4. The molecule has 2 heterocycles. The highest BCUT2D eigenvalue weighted by Crippen LogP contribution is 2.31. The fraction of sp³-hybridized carbons (Fsp3) is 0.391. The van der Waals surface area contributed by atoms with Gasteiger partial charge >= 0.3 is 0 Å². The molecule has 2 aliphatic heterocycles. The van der Waals surface area contributed by atoms with E-state index in [1.54, 1.807) is 4.90 Å². The van der Waals surface area contributed by atoms with Gasteiger partial charge in [-0.15, -0.1) is 0 Å². The van der Waals surface area contributed by atoms with Crippen molar-refractivity contribution in [2.24, 2.45) is 0 Å². The minimum atomic E-state index is 0.0664. The van der Waals surface area contributed by atoms with Crippen LogP contribution in [0.4, 0.5) is 0 Å². The highest BCUT2D eigenvalue weighted by Gasteiger charge is 2.27. The second kappa shape index (κ2) is 9.17. The van der Waals surface area contributed by atoms with Gasteiger partial charge in [0.25, 0.3) is 11.8 Å². The number of carbonyl (C=O) groups is 2. The van der Waals surface area contributed by atoms with E-state index in [1.165, 1.54) is 4.90 Å². The van der Waals surface area contributed by atoms with Gasteiger partial charge in [-0.05, 0) is 29.8 Å². The van der Waals surface area contributed by atoms with Gasteiger partial charge in [0.1, 0.15) is 13.2 Å². The Balaban J connectivity index is 1.26. The molecule has 0 aromatic heterocycles. The van der Waals surface area contributed by atoms with Crippen LogP contribution in [0.15, 0.2) is 48.5 Å². The Hall–Kier alpha value is -3.06. The van der Waals surface area contributed by atoms with E-state index >= 15 is 0 Å². The number of nitrogens with one attached hydrogen (secondary N) is 1. The molecule has 2 aliphatic rings. The highest BCUT2D eigenvalue weighted by atomic mass is 16.6. The molecule has 158 valence electrons. The van der Waals surface area contributed by atoms with Gasteiger partial charge in [0.15, 0.2) is 18.0 Å². The monoisotopic (exact) mass is 410 g/mol. The Kier molecular flexibility index (Phi) is 6.18. The highest BCUT2D eigenvalue weighted by molar-refractivity contribution is 5.94. The largest absolute Gasteiger partial charge is 0.486 e. The van der Waals surface area contributed by atoms with Crippen LogP contribution in [0.2, 0.25) is 0 Å². The topological polar surface area (TPSA) is 63.5 Å². The second-order valence-electron chi connectivity index (χ2n) is 7.81. The second-order valence-corrected chi connectivity index (χ2v) is 7.81. The summed E-state index contributed by atoms with van der Waals surface area (Å²) in [5.74, 6) is 1.66. The van der Waals surface area contributed by atoms with E-state index in [1.807, 2.05) is 60.5 Å². The van der Waals surface area contributed by atoms with E-state index < -0.39 is 0 Å². The Morgan fingerprint density at radius 2 is 1.70 bits per heavy atom. The molecule has 4 rings (SSSR count). The molecule has 30 heavy (non-hydrogen) atoms. The number of carbonyl (C=O) groups excluding carboxylic acids is 2. The zero-order valence-corrected chi connectivity index (χ0v) is 17.3. The summed E-state index contributed by atoms with van der Waals surface area (Å²) in [6.45, 7) is 4.98. The van der Waals surface area contributed by atoms with E-state index in [-0.39, 0.29) is 11.8 Å². The molecule has 0 unspecified atom stereocenters. The van der Waals surface area contributed by atoms with Crippen LogP contribution in [-0.4, -0.2) is 74.6 Å². The number of piperazine rings is 1. The molecule has 0 atom stereocenters. The van der Waals surface area contributed by atoms with Gasteiger partial charge in [-0.2, -0.15) is 0 Å². The lowest BCUT2D eigenvalue weighted by atomic mass is 10.1. The number of amides is 2. The van der Waals surface area contributed by atoms with Crippen LogP contribution in [0.3, 0.4) is 0 Å². The molecule has 2 aromatic carbocycles. The maximum Gasteiger partial charge on any atom is 0.277 e. The van der Waals surface area contributed by atoms with E-state index in [9.17, 15) is 9.59 Å².